The normalized spacial score (nSPS) is 16.0. The Morgan fingerprint density at radius 3 is 2.19 bits per heavy atom. The average molecular weight is 614 g/mol. The molecule has 3 N–H and O–H groups in total. The summed E-state index contributed by atoms with van der Waals surface area (Å²) >= 11 is 0. The van der Waals surface area contributed by atoms with E-state index < -0.39 is 59.6 Å². The summed E-state index contributed by atoms with van der Waals surface area (Å²) in [5.74, 6) is -12.9. The second-order valence-corrected chi connectivity index (χ2v) is 11.5. The van der Waals surface area contributed by atoms with Crippen molar-refractivity contribution in [3.8, 4) is 0 Å². The van der Waals surface area contributed by atoms with E-state index in [9.17, 15) is 18.7 Å². The molecule has 0 aromatic heterocycles. The number of hydroxylamine groups is 1. The third kappa shape index (κ3) is 7.91. The van der Waals surface area contributed by atoms with Crippen molar-refractivity contribution in [1.82, 2.24) is 5.17 Å². The van der Waals surface area contributed by atoms with Crippen molar-refractivity contribution >= 4 is 17.3 Å². The van der Waals surface area contributed by atoms with Gasteiger partial charge < -0.3 is 10.4 Å². The molecular weight excluding hydrogens is 576 g/mol. The van der Waals surface area contributed by atoms with Crippen molar-refractivity contribution in [1.29, 1.82) is 0 Å². The van der Waals surface area contributed by atoms with E-state index in [-0.39, 0.29) is 28.3 Å². The smallest absolute Gasteiger partial charge is 0.354 e. The van der Waals surface area contributed by atoms with Crippen LogP contribution in [0.5, 0.6) is 0 Å². The molecule has 0 spiro atoms. The van der Waals surface area contributed by atoms with Crippen LogP contribution in [0.15, 0.2) is 59.8 Å². The van der Waals surface area contributed by atoms with Gasteiger partial charge in [0.25, 0.3) is 5.91 Å². The van der Waals surface area contributed by atoms with Crippen molar-refractivity contribution in [2.75, 3.05) is 24.0 Å². The Bertz CT molecular complexity index is 1370. The standard InChI is InChI=1S/C31H37F6N3O3/c1-6-20(7-2)21-9-11-26(24(33)17-21)39-40(43-15-14-41)28(42)22-12-13-30(34,35)31(36,37)27(22)38-25-10-8-19(16-23(25)32)18-29(3,4)5/h8-13,16-17,20,38-39,41H,6-7,14-15,18H2,1-5H3. The van der Waals surface area contributed by atoms with Crippen LogP contribution in [-0.4, -0.2) is 41.2 Å². The van der Waals surface area contributed by atoms with Gasteiger partial charge in [-0.1, -0.05) is 46.8 Å². The van der Waals surface area contributed by atoms with Crippen LogP contribution in [0.2, 0.25) is 0 Å². The summed E-state index contributed by atoms with van der Waals surface area (Å²) in [6.07, 6.45) is 2.26. The molecule has 43 heavy (non-hydrogen) atoms. The molecule has 0 atom stereocenters. The van der Waals surface area contributed by atoms with Crippen molar-refractivity contribution in [3.05, 3.63) is 82.6 Å². The molecule has 0 saturated heterocycles. The van der Waals surface area contributed by atoms with E-state index in [4.69, 9.17) is 4.84 Å². The molecule has 0 radical (unpaired) electrons. The summed E-state index contributed by atoms with van der Waals surface area (Å²) in [6, 6.07) is 7.85. The highest BCUT2D eigenvalue weighted by molar-refractivity contribution is 5.98. The van der Waals surface area contributed by atoms with Crippen LogP contribution in [0.1, 0.15) is 64.5 Å². The van der Waals surface area contributed by atoms with Gasteiger partial charge in [0, 0.05) is 0 Å². The highest BCUT2D eigenvalue weighted by atomic mass is 19.3. The van der Waals surface area contributed by atoms with Gasteiger partial charge in [0.1, 0.15) is 23.9 Å². The summed E-state index contributed by atoms with van der Waals surface area (Å²) in [6.45, 7) is 8.49. The van der Waals surface area contributed by atoms with Gasteiger partial charge >= 0.3 is 11.8 Å². The maximum absolute atomic E-state index is 15.2. The van der Waals surface area contributed by atoms with Crippen LogP contribution in [0, 0.1) is 17.0 Å². The fourth-order valence-corrected chi connectivity index (χ4v) is 4.68. The maximum Gasteiger partial charge on any atom is 0.354 e. The number of amides is 1. The zero-order chi connectivity index (χ0) is 32.2. The van der Waals surface area contributed by atoms with Crippen LogP contribution < -0.4 is 10.7 Å². The first-order valence-electron chi connectivity index (χ1n) is 13.9. The third-order valence-electron chi connectivity index (χ3n) is 6.89. The van der Waals surface area contributed by atoms with Crippen molar-refractivity contribution < 1.29 is 41.1 Å². The number of nitrogens with one attached hydrogen (secondary N) is 2. The predicted octanol–water partition coefficient (Wildman–Crippen LogP) is 7.74. The fourth-order valence-electron chi connectivity index (χ4n) is 4.68. The number of hydrazine groups is 1. The molecule has 236 valence electrons. The number of hydrogen-bond donors (Lipinski definition) is 3. The minimum Gasteiger partial charge on any atom is -0.394 e. The molecule has 0 bridgehead atoms. The van der Waals surface area contributed by atoms with Crippen molar-refractivity contribution in [2.24, 2.45) is 5.41 Å². The number of rotatable bonds is 12. The Kier molecular flexibility index (Phi) is 10.6. The number of benzene rings is 2. The van der Waals surface area contributed by atoms with E-state index in [0.29, 0.717) is 23.6 Å². The zero-order valence-corrected chi connectivity index (χ0v) is 24.7. The van der Waals surface area contributed by atoms with E-state index in [2.05, 4.69) is 5.43 Å². The van der Waals surface area contributed by atoms with Gasteiger partial charge in [0.15, 0.2) is 0 Å². The molecule has 0 heterocycles. The minimum absolute atomic E-state index is 0.0740. The number of halogens is 6. The molecule has 0 fully saturated rings. The van der Waals surface area contributed by atoms with Gasteiger partial charge in [-0.25, -0.2) is 13.6 Å². The highest BCUT2D eigenvalue weighted by Gasteiger charge is 2.60. The topological polar surface area (TPSA) is 73.8 Å². The lowest BCUT2D eigenvalue weighted by molar-refractivity contribution is -0.178. The fraction of sp³-hybridized carbons (Fsp3) is 0.452. The Labute approximate surface area is 247 Å². The van der Waals surface area contributed by atoms with Gasteiger partial charge in [-0.15, -0.1) is 5.17 Å². The molecule has 2 aromatic rings. The monoisotopic (exact) mass is 613 g/mol. The Morgan fingerprint density at radius 1 is 1.00 bits per heavy atom. The first-order chi connectivity index (χ1) is 20.0. The van der Waals surface area contributed by atoms with E-state index in [0.717, 1.165) is 25.0 Å². The SMILES string of the molecule is CCC(CC)c1ccc(NN(OCCO)C(=O)C2=C(Nc3ccc(CC(C)(C)C)cc3F)C(F)(F)C(F)(F)C=C2)c(F)c1. The number of nitrogens with zero attached hydrogens (tertiary/aromatic N) is 1. The molecule has 2 aromatic carbocycles. The number of carbonyl (C=O) groups excluding carboxylic acids is 1. The summed E-state index contributed by atoms with van der Waals surface area (Å²) < 4.78 is 89.3. The molecule has 0 saturated carbocycles. The lowest BCUT2D eigenvalue weighted by Gasteiger charge is -2.33. The van der Waals surface area contributed by atoms with Gasteiger partial charge in [-0.2, -0.15) is 17.6 Å². The van der Waals surface area contributed by atoms with Gasteiger partial charge in [-0.3, -0.25) is 10.2 Å². The quantitative estimate of drug-likeness (QED) is 0.169. The maximum atomic E-state index is 15.2. The van der Waals surface area contributed by atoms with Gasteiger partial charge in [-0.05, 0) is 78.1 Å². The molecule has 1 amide bonds. The van der Waals surface area contributed by atoms with Crippen LogP contribution in [0.4, 0.5) is 37.7 Å². The molecule has 12 heteroatoms. The van der Waals surface area contributed by atoms with Crippen LogP contribution in [0.25, 0.3) is 0 Å². The largest absolute Gasteiger partial charge is 0.394 e. The van der Waals surface area contributed by atoms with E-state index in [1.807, 2.05) is 39.9 Å². The zero-order valence-electron chi connectivity index (χ0n) is 24.7. The number of anilines is 2. The second-order valence-electron chi connectivity index (χ2n) is 11.5. The number of alkyl halides is 4. The molecule has 1 aliphatic carbocycles. The van der Waals surface area contributed by atoms with Crippen LogP contribution >= 0.6 is 0 Å². The first kappa shape index (κ1) is 34.0. The molecule has 1 aliphatic rings. The van der Waals surface area contributed by atoms with Crippen LogP contribution in [-0.2, 0) is 16.1 Å². The average Bonchev–Trinajstić information content (AvgIpc) is 2.91. The third-order valence-corrected chi connectivity index (χ3v) is 6.89. The molecule has 0 aliphatic heterocycles. The predicted molar refractivity (Wildman–Crippen MR) is 152 cm³/mol. The lowest BCUT2D eigenvalue weighted by Crippen LogP contribution is -2.48. The summed E-state index contributed by atoms with van der Waals surface area (Å²) in [7, 11) is 0. The number of aliphatic hydroxyl groups is 1. The van der Waals surface area contributed by atoms with E-state index in [1.54, 1.807) is 6.07 Å². The molecule has 6 nitrogen and oxygen atoms in total. The Balaban J connectivity index is 2.04. The molecule has 0 unspecified atom stereocenters. The van der Waals surface area contributed by atoms with Crippen molar-refractivity contribution in [2.45, 2.75) is 71.6 Å². The number of carbonyl (C=O) groups is 1. The summed E-state index contributed by atoms with van der Waals surface area (Å²) in [5, 5.41) is 11.5. The van der Waals surface area contributed by atoms with E-state index in [1.165, 1.54) is 18.2 Å². The minimum atomic E-state index is -4.98. The second kappa shape index (κ2) is 13.4. The molecular formula is C31H37F6N3O3. The lowest BCUT2D eigenvalue weighted by atomic mass is 9.88. The van der Waals surface area contributed by atoms with Gasteiger partial charge in [0.2, 0.25) is 0 Å². The number of allylic oxidation sites excluding steroid dienone is 2. The van der Waals surface area contributed by atoms with Crippen LogP contribution in [0.3, 0.4) is 0 Å². The molecule has 3 rings (SSSR count). The Hall–Kier alpha value is -3.51. The summed E-state index contributed by atoms with van der Waals surface area (Å²) in [4.78, 5) is 18.6. The van der Waals surface area contributed by atoms with Crippen molar-refractivity contribution in [3.63, 3.8) is 0 Å². The van der Waals surface area contributed by atoms with E-state index >= 15 is 17.6 Å². The first-order valence-corrected chi connectivity index (χ1v) is 13.9. The Morgan fingerprint density at radius 2 is 1.63 bits per heavy atom. The summed E-state index contributed by atoms with van der Waals surface area (Å²) in [5.41, 5.74) is -0.0871. The van der Waals surface area contributed by atoms with Gasteiger partial charge in [0.05, 0.1) is 23.6 Å². The number of hydrogen-bond acceptors (Lipinski definition) is 5. The highest BCUT2D eigenvalue weighted by Crippen LogP contribution is 2.46. The number of aliphatic hydroxyl groups excluding tert-OH is 1.